The Bertz CT molecular complexity index is 296. The first-order valence-electron chi connectivity index (χ1n) is 6.02. The summed E-state index contributed by atoms with van der Waals surface area (Å²) in [7, 11) is -0.171. The molecule has 4 atom stereocenters. The van der Waals surface area contributed by atoms with Gasteiger partial charge in [-0.05, 0) is 37.0 Å². The van der Waals surface area contributed by atoms with Gasteiger partial charge in [0.2, 0.25) is 0 Å². The number of rotatable bonds is 1. The second kappa shape index (κ2) is 2.79. The Kier molecular flexibility index (Phi) is 1.88. The van der Waals surface area contributed by atoms with Crippen LogP contribution >= 0.6 is 0 Å². The van der Waals surface area contributed by atoms with Crippen molar-refractivity contribution >= 4 is 7.12 Å². The van der Waals surface area contributed by atoms with E-state index in [0.29, 0.717) is 17.8 Å². The fourth-order valence-corrected chi connectivity index (χ4v) is 4.05. The molecule has 1 saturated heterocycles. The second-order valence-electron chi connectivity index (χ2n) is 6.13. The summed E-state index contributed by atoms with van der Waals surface area (Å²) in [6.45, 7) is 6.95. The normalized spacial score (nSPS) is 51.2. The van der Waals surface area contributed by atoms with Gasteiger partial charge in [-0.3, -0.25) is 0 Å². The zero-order chi connectivity index (χ0) is 10.8. The van der Waals surface area contributed by atoms with E-state index in [1.807, 2.05) is 0 Å². The average molecular weight is 209 g/mol. The third-order valence-electron chi connectivity index (χ3n) is 5.19. The summed E-state index contributed by atoms with van der Waals surface area (Å²) in [5, 5.41) is 0. The average Bonchev–Trinajstić information content (AvgIpc) is 2.53. The van der Waals surface area contributed by atoms with Crippen LogP contribution in [0.15, 0.2) is 0 Å². The largest absolute Gasteiger partial charge is 0.472 e. The summed E-state index contributed by atoms with van der Waals surface area (Å²) in [4.78, 5) is 0. The molecule has 3 saturated carbocycles. The van der Waals surface area contributed by atoms with E-state index in [0.717, 1.165) is 12.3 Å². The lowest BCUT2D eigenvalue weighted by Crippen LogP contribution is -2.65. The number of hydrogen-bond donors (Lipinski definition) is 1. The van der Waals surface area contributed by atoms with Gasteiger partial charge in [0, 0.05) is 6.44 Å². The molecular weight excluding hydrogens is 189 g/mol. The Balaban J connectivity index is 1.89. The maximum Gasteiger partial charge on any atom is 0.472 e. The maximum atomic E-state index is 6.04. The molecule has 1 heterocycles. The molecule has 4 rings (SSSR count). The molecule has 2 bridgehead atoms. The lowest BCUT2D eigenvalue weighted by Gasteiger charge is -2.64. The molecule has 4 fully saturated rings. The standard InChI is InChI=1S/C11H20BNO2/c1-10(2)7-4-8(10)11(3)9(5-7)14-12(6-13)15-11/h7-9H,4-6,13H2,1-3H3. The van der Waals surface area contributed by atoms with Gasteiger partial charge in [-0.1, -0.05) is 13.8 Å². The van der Waals surface area contributed by atoms with Crippen LogP contribution in [-0.2, 0) is 9.31 Å². The van der Waals surface area contributed by atoms with Gasteiger partial charge in [0.25, 0.3) is 0 Å². The third kappa shape index (κ3) is 1.08. The van der Waals surface area contributed by atoms with Crippen molar-refractivity contribution in [3.63, 3.8) is 0 Å². The molecule has 0 aromatic carbocycles. The van der Waals surface area contributed by atoms with Crippen molar-refractivity contribution in [1.29, 1.82) is 0 Å². The van der Waals surface area contributed by atoms with E-state index in [1.54, 1.807) is 0 Å². The van der Waals surface area contributed by atoms with Crippen molar-refractivity contribution in [2.45, 2.75) is 45.3 Å². The lowest BCUT2D eigenvalue weighted by molar-refractivity contribution is -0.199. The Hall–Kier alpha value is -0.0551. The molecule has 0 radical (unpaired) electrons. The Labute approximate surface area is 91.8 Å². The molecule has 2 N–H and O–H groups in total. The van der Waals surface area contributed by atoms with Crippen molar-refractivity contribution in [3.05, 3.63) is 0 Å². The highest BCUT2D eigenvalue weighted by Crippen LogP contribution is 2.65. The van der Waals surface area contributed by atoms with Crippen molar-refractivity contribution in [2.75, 3.05) is 6.44 Å². The molecular formula is C11H20BNO2. The van der Waals surface area contributed by atoms with Crippen LogP contribution in [0.1, 0.15) is 33.6 Å². The van der Waals surface area contributed by atoms with Crippen LogP contribution in [0.5, 0.6) is 0 Å². The van der Waals surface area contributed by atoms with Crippen molar-refractivity contribution in [1.82, 2.24) is 0 Å². The van der Waals surface area contributed by atoms with E-state index in [-0.39, 0.29) is 18.8 Å². The predicted molar refractivity (Wildman–Crippen MR) is 59.2 cm³/mol. The van der Waals surface area contributed by atoms with Crippen molar-refractivity contribution in [3.8, 4) is 0 Å². The Morgan fingerprint density at radius 1 is 1.33 bits per heavy atom. The SMILES string of the molecule is CC1(C)C2CC3OB(CN)OC3(C)C1C2. The Morgan fingerprint density at radius 3 is 2.67 bits per heavy atom. The molecule has 3 aliphatic carbocycles. The molecule has 0 aromatic heterocycles. The quantitative estimate of drug-likeness (QED) is 0.660. The van der Waals surface area contributed by atoms with Crippen LogP contribution in [0.4, 0.5) is 0 Å². The molecule has 0 amide bonds. The molecule has 4 aliphatic rings. The van der Waals surface area contributed by atoms with E-state index >= 15 is 0 Å². The fraction of sp³-hybridized carbons (Fsp3) is 1.00. The van der Waals surface area contributed by atoms with Gasteiger partial charge < -0.3 is 15.0 Å². The van der Waals surface area contributed by atoms with Crippen LogP contribution in [0.3, 0.4) is 0 Å². The second-order valence-corrected chi connectivity index (χ2v) is 6.13. The van der Waals surface area contributed by atoms with Gasteiger partial charge in [-0.25, -0.2) is 0 Å². The maximum absolute atomic E-state index is 6.04. The predicted octanol–water partition coefficient (Wildman–Crippen LogP) is 1.21. The van der Waals surface area contributed by atoms with Gasteiger partial charge in [-0.2, -0.15) is 0 Å². The molecule has 3 nitrogen and oxygen atoms in total. The van der Waals surface area contributed by atoms with Crippen LogP contribution in [0.25, 0.3) is 0 Å². The van der Waals surface area contributed by atoms with E-state index in [1.165, 1.54) is 6.42 Å². The van der Waals surface area contributed by atoms with Crippen LogP contribution in [-0.4, -0.2) is 25.3 Å². The number of hydrogen-bond acceptors (Lipinski definition) is 3. The van der Waals surface area contributed by atoms with Gasteiger partial charge in [0.1, 0.15) is 0 Å². The van der Waals surface area contributed by atoms with Crippen LogP contribution in [0, 0.1) is 17.3 Å². The first-order chi connectivity index (χ1) is 6.98. The highest BCUT2D eigenvalue weighted by atomic mass is 16.7. The highest BCUT2D eigenvalue weighted by Gasteiger charge is 2.67. The summed E-state index contributed by atoms with van der Waals surface area (Å²) in [5.41, 5.74) is 5.97. The Morgan fingerprint density at radius 2 is 2.07 bits per heavy atom. The highest BCUT2D eigenvalue weighted by molar-refractivity contribution is 6.45. The molecule has 0 spiro atoms. The monoisotopic (exact) mass is 209 g/mol. The molecule has 0 aromatic rings. The first kappa shape index (κ1) is 10.1. The van der Waals surface area contributed by atoms with E-state index in [9.17, 15) is 0 Å². The van der Waals surface area contributed by atoms with Crippen molar-refractivity contribution < 1.29 is 9.31 Å². The zero-order valence-corrected chi connectivity index (χ0v) is 9.82. The molecule has 1 aliphatic heterocycles. The van der Waals surface area contributed by atoms with Crippen molar-refractivity contribution in [2.24, 2.45) is 23.0 Å². The summed E-state index contributed by atoms with van der Waals surface area (Å²) in [5.74, 6) is 1.46. The van der Waals surface area contributed by atoms with E-state index in [4.69, 9.17) is 15.0 Å². The summed E-state index contributed by atoms with van der Waals surface area (Å²) in [6.07, 6.45) is 3.21. The van der Waals surface area contributed by atoms with Gasteiger partial charge >= 0.3 is 7.12 Å². The summed E-state index contributed by atoms with van der Waals surface area (Å²) >= 11 is 0. The van der Waals surface area contributed by atoms with Crippen LogP contribution < -0.4 is 5.73 Å². The smallest absolute Gasteiger partial charge is 0.405 e. The van der Waals surface area contributed by atoms with E-state index < -0.39 is 0 Å². The lowest BCUT2D eigenvalue weighted by atomic mass is 9.43. The van der Waals surface area contributed by atoms with E-state index in [2.05, 4.69) is 20.8 Å². The topological polar surface area (TPSA) is 44.5 Å². The molecule has 84 valence electrons. The fourth-order valence-electron chi connectivity index (χ4n) is 4.05. The third-order valence-corrected chi connectivity index (χ3v) is 5.19. The zero-order valence-electron chi connectivity index (χ0n) is 9.82. The first-order valence-corrected chi connectivity index (χ1v) is 6.02. The van der Waals surface area contributed by atoms with Gasteiger partial charge in [-0.15, -0.1) is 0 Å². The molecule has 4 heteroatoms. The van der Waals surface area contributed by atoms with Gasteiger partial charge in [0.15, 0.2) is 0 Å². The minimum Gasteiger partial charge on any atom is -0.405 e. The minimum absolute atomic E-state index is 0.0811. The minimum atomic E-state index is -0.171. The molecule has 4 unspecified atom stereocenters. The number of nitrogens with two attached hydrogens (primary N) is 1. The molecule has 15 heavy (non-hydrogen) atoms. The van der Waals surface area contributed by atoms with Gasteiger partial charge in [0.05, 0.1) is 11.7 Å². The summed E-state index contributed by atoms with van der Waals surface area (Å²) < 4.78 is 11.9. The van der Waals surface area contributed by atoms with Crippen LogP contribution in [0.2, 0.25) is 0 Å². The summed E-state index contributed by atoms with van der Waals surface area (Å²) in [6, 6.07) is 0.